The molecule has 1 aliphatic rings. The monoisotopic (exact) mass is 185 g/mol. The van der Waals surface area contributed by atoms with E-state index in [1.165, 1.54) is 20.0 Å². The van der Waals surface area contributed by atoms with Crippen LogP contribution in [0.25, 0.3) is 0 Å². The Morgan fingerprint density at radius 2 is 2.08 bits per heavy atom. The first kappa shape index (κ1) is 10.5. The number of ether oxygens (including phenoxy) is 1. The zero-order valence-electron chi connectivity index (χ0n) is 8.56. The quantitative estimate of drug-likeness (QED) is 0.674. The second-order valence-electron chi connectivity index (χ2n) is 4.14. The SMILES string of the molecule is COC(=O)CCC1(C)CCNCC1. The predicted octanol–water partition coefficient (Wildman–Crippen LogP) is 1.33. The summed E-state index contributed by atoms with van der Waals surface area (Å²) in [5.74, 6) is -0.0836. The summed E-state index contributed by atoms with van der Waals surface area (Å²) >= 11 is 0. The van der Waals surface area contributed by atoms with Gasteiger partial charge in [0.15, 0.2) is 0 Å². The third-order valence-corrected chi connectivity index (χ3v) is 2.97. The lowest BCUT2D eigenvalue weighted by molar-refractivity contribution is -0.141. The fraction of sp³-hybridized carbons (Fsp3) is 0.900. The van der Waals surface area contributed by atoms with E-state index >= 15 is 0 Å². The summed E-state index contributed by atoms with van der Waals surface area (Å²) < 4.78 is 4.63. The first-order valence-corrected chi connectivity index (χ1v) is 4.94. The molecule has 3 nitrogen and oxygen atoms in total. The van der Waals surface area contributed by atoms with Crippen molar-refractivity contribution < 1.29 is 9.53 Å². The molecule has 0 spiro atoms. The van der Waals surface area contributed by atoms with Crippen LogP contribution in [0.3, 0.4) is 0 Å². The fourth-order valence-electron chi connectivity index (χ4n) is 1.79. The highest BCUT2D eigenvalue weighted by atomic mass is 16.5. The van der Waals surface area contributed by atoms with Crippen molar-refractivity contribution in [3.63, 3.8) is 0 Å². The van der Waals surface area contributed by atoms with Gasteiger partial charge in [-0.1, -0.05) is 6.92 Å². The maximum atomic E-state index is 11.0. The van der Waals surface area contributed by atoms with Gasteiger partial charge in [0.25, 0.3) is 0 Å². The van der Waals surface area contributed by atoms with E-state index in [1.54, 1.807) is 0 Å². The number of esters is 1. The minimum atomic E-state index is -0.0836. The molecule has 0 saturated carbocycles. The molecule has 1 N–H and O–H groups in total. The van der Waals surface area contributed by atoms with Gasteiger partial charge in [0.05, 0.1) is 7.11 Å². The van der Waals surface area contributed by atoms with Gasteiger partial charge in [0, 0.05) is 6.42 Å². The van der Waals surface area contributed by atoms with Gasteiger partial charge in [-0.25, -0.2) is 0 Å². The molecule has 3 heteroatoms. The van der Waals surface area contributed by atoms with Crippen molar-refractivity contribution >= 4 is 5.97 Å². The Kier molecular flexibility index (Phi) is 3.72. The van der Waals surface area contributed by atoms with Gasteiger partial charge in [-0.05, 0) is 37.8 Å². The summed E-state index contributed by atoms with van der Waals surface area (Å²) in [6.45, 7) is 4.42. The second-order valence-corrected chi connectivity index (χ2v) is 4.14. The van der Waals surface area contributed by atoms with Crippen molar-refractivity contribution in [1.82, 2.24) is 5.32 Å². The van der Waals surface area contributed by atoms with Gasteiger partial charge in [-0.3, -0.25) is 4.79 Å². The summed E-state index contributed by atoms with van der Waals surface area (Å²) in [5, 5.41) is 3.33. The fourth-order valence-corrected chi connectivity index (χ4v) is 1.79. The molecular weight excluding hydrogens is 166 g/mol. The van der Waals surface area contributed by atoms with Crippen molar-refractivity contribution in [3.8, 4) is 0 Å². The van der Waals surface area contributed by atoms with Gasteiger partial charge in [0.1, 0.15) is 0 Å². The molecule has 13 heavy (non-hydrogen) atoms. The molecule has 0 radical (unpaired) electrons. The van der Waals surface area contributed by atoms with Crippen LogP contribution in [-0.2, 0) is 9.53 Å². The van der Waals surface area contributed by atoms with Crippen molar-refractivity contribution in [1.29, 1.82) is 0 Å². The number of rotatable bonds is 3. The molecule has 1 heterocycles. The average molecular weight is 185 g/mol. The molecule has 1 aliphatic heterocycles. The molecule has 0 aromatic carbocycles. The lowest BCUT2D eigenvalue weighted by atomic mass is 9.77. The highest BCUT2D eigenvalue weighted by molar-refractivity contribution is 5.69. The zero-order chi connectivity index (χ0) is 9.73. The highest BCUT2D eigenvalue weighted by Gasteiger charge is 2.26. The van der Waals surface area contributed by atoms with E-state index in [2.05, 4.69) is 17.0 Å². The van der Waals surface area contributed by atoms with Gasteiger partial charge in [-0.15, -0.1) is 0 Å². The molecular formula is C10H19NO2. The summed E-state index contributed by atoms with van der Waals surface area (Å²) in [5.41, 5.74) is 0.347. The van der Waals surface area contributed by atoms with Crippen molar-refractivity contribution in [2.24, 2.45) is 5.41 Å². The van der Waals surface area contributed by atoms with Crippen LogP contribution in [0.1, 0.15) is 32.6 Å². The minimum Gasteiger partial charge on any atom is -0.469 e. The van der Waals surface area contributed by atoms with Crippen LogP contribution in [-0.4, -0.2) is 26.2 Å². The first-order chi connectivity index (χ1) is 6.16. The van der Waals surface area contributed by atoms with E-state index in [9.17, 15) is 4.79 Å². The Labute approximate surface area is 79.8 Å². The lowest BCUT2D eigenvalue weighted by Gasteiger charge is -2.33. The van der Waals surface area contributed by atoms with E-state index < -0.39 is 0 Å². The van der Waals surface area contributed by atoms with Crippen LogP contribution in [0.5, 0.6) is 0 Å². The molecule has 0 aliphatic carbocycles. The molecule has 0 atom stereocenters. The number of hydrogen-bond donors (Lipinski definition) is 1. The average Bonchev–Trinajstić information content (AvgIpc) is 2.15. The Hall–Kier alpha value is -0.570. The maximum absolute atomic E-state index is 11.0. The Bertz CT molecular complexity index is 174. The van der Waals surface area contributed by atoms with E-state index in [0.717, 1.165) is 19.5 Å². The number of nitrogens with one attached hydrogen (secondary N) is 1. The standard InChI is InChI=1S/C10H19NO2/c1-10(4-3-9(12)13-2)5-7-11-8-6-10/h11H,3-8H2,1-2H3. The topological polar surface area (TPSA) is 38.3 Å². The molecule has 0 bridgehead atoms. The first-order valence-electron chi connectivity index (χ1n) is 4.94. The Morgan fingerprint density at radius 3 is 2.62 bits per heavy atom. The second kappa shape index (κ2) is 4.61. The van der Waals surface area contributed by atoms with Crippen LogP contribution < -0.4 is 5.32 Å². The molecule has 0 amide bonds. The van der Waals surface area contributed by atoms with E-state index in [0.29, 0.717) is 11.8 Å². The largest absolute Gasteiger partial charge is 0.469 e. The normalized spacial score (nSPS) is 21.1. The van der Waals surface area contributed by atoms with Crippen LogP contribution in [0.2, 0.25) is 0 Å². The summed E-state index contributed by atoms with van der Waals surface area (Å²) in [6.07, 6.45) is 3.86. The van der Waals surface area contributed by atoms with E-state index in [-0.39, 0.29) is 5.97 Å². The van der Waals surface area contributed by atoms with E-state index in [4.69, 9.17) is 0 Å². The van der Waals surface area contributed by atoms with Gasteiger partial charge in [-0.2, -0.15) is 0 Å². The third-order valence-electron chi connectivity index (χ3n) is 2.97. The van der Waals surface area contributed by atoms with Crippen molar-refractivity contribution in [3.05, 3.63) is 0 Å². The van der Waals surface area contributed by atoms with Gasteiger partial charge < -0.3 is 10.1 Å². The van der Waals surface area contributed by atoms with Gasteiger partial charge in [0.2, 0.25) is 0 Å². The molecule has 0 aromatic rings. The minimum absolute atomic E-state index is 0.0836. The Morgan fingerprint density at radius 1 is 1.46 bits per heavy atom. The highest BCUT2D eigenvalue weighted by Crippen LogP contribution is 2.32. The smallest absolute Gasteiger partial charge is 0.305 e. The van der Waals surface area contributed by atoms with Crippen molar-refractivity contribution in [2.75, 3.05) is 20.2 Å². The summed E-state index contributed by atoms with van der Waals surface area (Å²) in [6, 6.07) is 0. The zero-order valence-corrected chi connectivity index (χ0v) is 8.56. The third kappa shape index (κ3) is 3.35. The van der Waals surface area contributed by atoms with Crippen LogP contribution in [0.15, 0.2) is 0 Å². The summed E-state index contributed by atoms with van der Waals surface area (Å²) in [4.78, 5) is 11.0. The summed E-state index contributed by atoms with van der Waals surface area (Å²) in [7, 11) is 1.45. The number of hydrogen-bond acceptors (Lipinski definition) is 3. The number of piperidine rings is 1. The lowest BCUT2D eigenvalue weighted by Crippen LogP contribution is -2.35. The van der Waals surface area contributed by atoms with Crippen LogP contribution in [0, 0.1) is 5.41 Å². The molecule has 1 fully saturated rings. The molecule has 1 saturated heterocycles. The molecule has 0 unspecified atom stereocenters. The Balaban J connectivity index is 2.28. The molecule has 1 rings (SSSR count). The molecule has 76 valence electrons. The van der Waals surface area contributed by atoms with Crippen LogP contribution >= 0.6 is 0 Å². The van der Waals surface area contributed by atoms with Crippen molar-refractivity contribution in [2.45, 2.75) is 32.6 Å². The number of carbonyl (C=O) groups excluding carboxylic acids is 1. The predicted molar refractivity (Wildman–Crippen MR) is 51.5 cm³/mol. The maximum Gasteiger partial charge on any atom is 0.305 e. The van der Waals surface area contributed by atoms with Crippen LogP contribution in [0.4, 0.5) is 0 Å². The molecule has 0 aromatic heterocycles. The van der Waals surface area contributed by atoms with Gasteiger partial charge >= 0.3 is 5.97 Å². The number of methoxy groups -OCH3 is 1. The number of carbonyl (C=O) groups is 1. The van der Waals surface area contributed by atoms with E-state index in [1.807, 2.05) is 0 Å².